The van der Waals surface area contributed by atoms with Crippen molar-refractivity contribution in [2.75, 3.05) is 25.1 Å². The molecule has 100 valence electrons. The summed E-state index contributed by atoms with van der Waals surface area (Å²) in [6.07, 6.45) is 2.19. The van der Waals surface area contributed by atoms with Crippen molar-refractivity contribution in [3.05, 3.63) is 30.3 Å². The normalized spacial score (nSPS) is 16.4. The maximum absolute atomic E-state index is 5.36. The van der Waals surface area contributed by atoms with Crippen LogP contribution in [0.1, 0.15) is 12.8 Å². The highest BCUT2D eigenvalue weighted by Gasteiger charge is 2.15. The van der Waals surface area contributed by atoms with Crippen molar-refractivity contribution in [3.8, 4) is 5.69 Å². The third kappa shape index (κ3) is 2.90. The Hall–Kier alpha value is -1.95. The third-order valence-corrected chi connectivity index (χ3v) is 3.36. The van der Waals surface area contributed by atoms with Crippen molar-refractivity contribution < 1.29 is 4.74 Å². The smallest absolute Gasteiger partial charge is 0.247 e. The van der Waals surface area contributed by atoms with Crippen LogP contribution in [0.4, 0.5) is 5.95 Å². The lowest BCUT2D eigenvalue weighted by molar-refractivity contribution is 0.0699. The van der Waals surface area contributed by atoms with Crippen LogP contribution in [0.2, 0.25) is 0 Å². The van der Waals surface area contributed by atoms with Gasteiger partial charge in [0.2, 0.25) is 5.95 Å². The second-order valence-corrected chi connectivity index (χ2v) is 4.69. The Kier molecular flexibility index (Phi) is 3.69. The van der Waals surface area contributed by atoms with E-state index in [2.05, 4.69) is 20.8 Å². The molecule has 2 heterocycles. The van der Waals surface area contributed by atoms with E-state index in [0.29, 0.717) is 11.9 Å². The first kappa shape index (κ1) is 12.1. The van der Waals surface area contributed by atoms with Crippen LogP contribution < -0.4 is 5.32 Å². The molecule has 0 atom stereocenters. The summed E-state index contributed by atoms with van der Waals surface area (Å²) < 4.78 is 7.08. The van der Waals surface area contributed by atoms with E-state index in [0.717, 1.165) is 38.3 Å². The average Bonchev–Trinajstić information content (AvgIpc) is 2.95. The van der Waals surface area contributed by atoms with Crippen LogP contribution in [0, 0.1) is 5.92 Å². The number of aromatic nitrogens is 4. The minimum absolute atomic E-state index is 0.634. The molecular weight excluding hydrogens is 242 g/mol. The van der Waals surface area contributed by atoms with Crippen molar-refractivity contribution in [1.29, 1.82) is 0 Å². The number of anilines is 1. The molecule has 2 aromatic rings. The van der Waals surface area contributed by atoms with Crippen LogP contribution in [0.25, 0.3) is 5.69 Å². The maximum atomic E-state index is 5.36. The molecule has 0 aliphatic carbocycles. The van der Waals surface area contributed by atoms with Crippen molar-refractivity contribution in [2.24, 2.45) is 5.92 Å². The molecule has 1 saturated heterocycles. The largest absolute Gasteiger partial charge is 0.381 e. The van der Waals surface area contributed by atoms with E-state index in [9.17, 15) is 0 Å². The van der Waals surface area contributed by atoms with Crippen LogP contribution in [0.5, 0.6) is 0 Å². The van der Waals surface area contributed by atoms with E-state index < -0.39 is 0 Å². The summed E-state index contributed by atoms with van der Waals surface area (Å²) >= 11 is 0. The van der Waals surface area contributed by atoms with Gasteiger partial charge in [0, 0.05) is 19.8 Å². The summed E-state index contributed by atoms with van der Waals surface area (Å²) in [5.41, 5.74) is 0.960. The molecule has 1 fully saturated rings. The predicted octanol–water partition coefficient (Wildman–Crippen LogP) is 1.50. The fraction of sp³-hybridized carbons (Fsp3) is 0.462. The first-order valence-corrected chi connectivity index (χ1v) is 6.59. The van der Waals surface area contributed by atoms with E-state index in [-0.39, 0.29) is 0 Å². The molecule has 3 rings (SSSR count). The van der Waals surface area contributed by atoms with E-state index in [1.807, 2.05) is 30.3 Å². The summed E-state index contributed by atoms with van der Waals surface area (Å²) in [7, 11) is 0. The summed E-state index contributed by atoms with van der Waals surface area (Å²) in [5.74, 6) is 1.33. The molecule has 0 radical (unpaired) electrons. The minimum Gasteiger partial charge on any atom is -0.381 e. The van der Waals surface area contributed by atoms with Gasteiger partial charge in [0.25, 0.3) is 0 Å². The highest BCUT2D eigenvalue weighted by molar-refractivity contribution is 5.38. The first-order valence-electron chi connectivity index (χ1n) is 6.59. The number of benzene rings is 1. The average molecular weight is 259 g/mol. The zero-order valence-electron chi connectivity index (χ0n) is 10.7. The molecule has 1 aromatic carbocycles. The number of para-hydroxylation sites is 1. The van der Waals surface area contributed by atoms with E-state index >= 15 is 0 Å². The van der Waals surface area contributed by atoms with Crippen LogP contribution in [0.15, 0.2) is 30.3 Å². The molecule has 0 saturated carbocycles. The summed E-state index contributed by atoms with van der Waals surface area (Å²) in [4.78, 5) is 0. The monoisotopic (exact) mass is 259 g/mol. The molecule has 19 heavy (non-hydrogen) atoms. The Balaban J connectivity index is 1.67. The second-order valence-electron chi connectivity index (χ2n) is 4.69. The topological polar surface area (TPSA) is 64.9 Å². The van der Waals surface area contributed by atoms with Gasteiger partial charge in [0.1, 0.15) is 0 Å². The molecule has 0 bridgehead atoms. The lowest BCUT2D eigenvalue weighted by atomic mass is 10.0. The highest BCUT2D eigenvalue weighted by atomic mass is 16.5. The van der Waals surface area contributed by atoms with E-state index in [1.54, 1.807) is 4.68 Å². The van der Waals surface area contributed by atoms with Crippen molar-refractivity contribution in [2.45, 2.75) is 12.8 Å². The number of hydrogen-bond acceptors (Lipinski definition) is 5. The van der Waals surface area contributed by atoms with Gasteiger partial charge in [-0.3, -0.25) is 0 Å². The molecule has 1 N–H and O–H groups in total. The van der Waals surface area contributed by atoms with Crippen molar-refractivity contribution in [1.82, 2.24) is 20.2 Å². The summed E-state index contributed by atoms with van der Waals surface area (Å²) in [5, 5.41) is 15.1. The van der Waals surface area contributed by atoms with Gasteiger partial charge in [-0.25, -0.2) is 0 Å². The number of ether oxygens (including phenoxy) is 1. The van der Waals surface area contributed by atoms with Crippen molar-refractivity contribution >= 4 is 5.95 Å². The summed E-state index contributed by atoms with van der Waals surface area (Å²) in [6.45, 7) is 2.60. The predicted molar refractivity (Wildman–Crippen MR) is 71.2 cm³/mol. The fourth-order valence-electron chi connectivity index (χ4n) is 2.23. The number of hydrogen-bond donors (Lipinski definition) is 1. The number of nitrogens with one attached hydrogen (secondary N) is 1. The van der Waals surface area contributed by atoms with Gasteiger partial charge in [-0.15, -0.1) is 0 Å². The molecule has 0 unspecified atom stereocenters. The second kappa shape index (κ2) is 5.79. The van der Waals surface area contributed by atoms with Gasteiger partial charge in [-0.2, -0.15) is 4.68 Å². The van der Waals surface area contributed by atoms with E-state index in [4.69, 9.17) is 4.74 Å². The Labute approximate surface area is 111 Å². The maximum Gasteiger partial charge on any atom is 0.247 e. The molecular formula is C13H17N5O. The van der Waals surface area contributed by atoms with Gasteiger partial charge in [0.15, 0.2) is 0 Å². The molecule has 1 aliphatic heterocycles. The standard InChI is InChI=1S/C13H17N5O/c1-2-4-12(5-3-1)18-13(15-16-17-18)14-10-11-6-8-19-9-7-11/h1-5,11H,6-10H2,(H,14,15,17). The Bertz CT molecular complexity index is 507. The Morgan fingerprint density at radius 1 is 1.21 bits per heavy atom. The van der Waals surface area contributed by atoms with Crippen LogP contribution >= 0.6 is 0 Å². The summed E-state index contributed by atoms with van der Waals surface area (Å²) in [6, 6.07) is 9.88. The van der Waals surface area contributed by atoms with Gasteiger partial charge in [-0.1, -0.05) is 23.3 Å². The lowest BCUT2D eigenvalue weighted by Crippen LogP contribution is -2.23. The van der Waals surface area contributed by atoms with Crippen molar-refractivity contribution in [3.63, 3.8) is 0 Å². The minimum atomic E-state index is 0.634. The molecule has 6 heteroatoms. The molecule has 0 amide bonds. The number of rotatable bonds is 4. The van der Waals surface area contributed by atoms with Gasteiger partial charge in [0.05, 0.1) is 5.69 Å². The third-order valence-electron chi connectivity index (χ3n) is 3.36. The van der Waals surface area contributed by atoms with Gasteiger partial charge < -0.3 is 10.1 Å². The molecule has 0 spiro atoms. The zero-order chi connectivity index (χ0) is 12.9. The fourth-order valence-corrected chi connectivity index (χ4v) is 2.23. The Morgan fingerprint density at radius 2 is 2.00 bits per heavy atom. The number of tetrazole rings is 1. The molecule has 1 aromatic heterocycles. The SMILES string of the molecule is c1ccc(-n2nnnc2NCC2CCOCC2)cc1. The number of nitrogens with zero attached hydrogens (tertiary/aromatic N) is 4. The van der Waals surface area contributed by atoms with Crippen LogP contribution in [0.3, 0.4) is 0 Å². The zero-order valence-corrected chi connectivity index (χ0v) is 10.7. The lowest BCUT2D eigenvalue weighted by Gasteiger charge is -2.22. The quantitative estimate of drug-likeness (QED) is 0.901. The van der Waals surface area contributed by atoms with Crippen LogP contribution in [-0.2, 0) is 4.74 Å². The van der Waals surface area contributed by atoms with Gasteiger partial charge in [-0.05, 0) is 41.3 Å². The molecule has 6 nitrogen and oxygen atoms in total. The highest BCUT2D eigenvalue weighted by Crippen LogP contribution is 2.16. The Morgan fingerprint density at radius 3 is 2.79 bits per heavy atom. The van der Waals surface area contributed by atoms with E-state index in [1.165, 1.54) is 0 Å². The first-order chi connectivity index (χ1) is 9.43. The van der Waals surface area contributed by atoms with Crippen LogP contribution in [-0.4, -0.2) is 40.0 Å². The van der Waals surface area contributed by atoms with Gasteiger partial charge >= 0.3 is 0 Å². The molecule has 1 aliphatic rings.